The highest BCUT2D eigenvalue weighted by molar-refractivity contribution is 5.25. The van der Waals surface area contributed by atoms with E-state index in [-0.39, 0.29) is 0 Å². The largest absolute Gasteiger partial charge is 0.467 e. The van der Waals surface area contributed by atoms with Crippen molar-refractivity contribution >= 4 is 5.95 Å². The van der Waals surface area contributed by atoms with Crippen LogP contribution in [0.3, 0.4) is 0 Å². The van der Waals surface area contributed by atoms with Crippen LogP contribution >= 0.6 is 0 Å². The van der Waals surface area contributed by atoms with Gasteiger partial charge in [-0.1, -0.05) is 0 Å². The van der Waals surface area contributed by atoms with Crippen molar-refractivity contribution in [2.75, 3.05) is 19.5 Å². The molecule has 0 bridgehead atoms. The smallest absolute Gasteiger partial charge is 0.321 e. The molecule has 0 atom stereocenters. The van der Waals surface area contributed by atoms with Crippen molar-refractivity contribution in [3.63, 3.8) is 0 Å². The van der Waals surface area contributed by atoms with E-state index in [0.29, 0.717) is 24.2 Å². The predicted octanol–water partition coefficient (Wildman–Crippen LogP) is 0.246. The third-order valence-corrected chi connectivity index (χ3v) is 2.30. The quantitative estimate of drug-likeness (QED) is 0.816. The summed E-state index contributed by atoms with van der Waals surface area (Å²) < 4.78 is 6.94. The molecular weight excluding hydrogens is 220 g/mol. The average Bonchev–Trinajstić information content (AvgIpc) is 2.74. The molecule has 0 radical (unpaired) electrons. The maximum atomic E-state index is 5.02. The van der Waals surface area contributed by atoms with E-state index in [1.54, 1.807) is 13.2 Å². The van der Waals surface area contributed by atoms with Gasteiger partial charge in [0.25, 0.3) is 0 Å². The van der Waals surface area contributed by atoms with Crippen LogP contribution in [0, 0.1) is 0 Å². The fourth-order valence-corrected chi connectivity index (χ4v) is 1.39. The number of rotatable bonds is 4. The Morgan fingerprint density at radius 3 is 2.76 bits per heavy atom. The van der Waals surface area contributed by atoms with Crippen LogP contribution in [0.25, 0.3) is 0 Å². The molecule has 1 N–H and O–H groups in total. The summed E-state index contributed by atoms with van der Waals surface area (Å²) >= 11 is 0. The van der Waals surface area contributed by atoms with Gasteiger partial charge in [-0.3, -0.25) is 0 Å². The van der Waals surface area contributed by atoms with E-state index in [0.717, 1.165) is 5.82 Å². The standard InChI is InChI=1S/C10H14N6O/c1-11-9-13-7(14-10(15-9)17-3)6-8-12-4-5-16(8)2/h4-5H,6H2,1-3H3,(H,11,13,14,15). The van der Waals surface area contributed by atoms with Gasteiger partial charge >= 0.3 is 6.01 Å². The van der Waals surface area contributed by atoms with Crippen molar-refractivity contribution in [1.82, 2.24) is 24.5 Å². The topological polar surface area (TPSA) is 77.8 Å². The van der Waals surface area contributed by atoms with Crippen LogP contribution in [0.5, 0.6) is 6.01 Å². The van der Waals surface area contributed by atoms with Crippen molar-refractivity contribution in [2.45, 2.75) is 6.42 Å². The Hall–Kier alpha value is -2.18. The number of hydrogen-bond acceptors (Lipinski definition) is 6. The van der Waals surface area contributed by atoms with E-state index in [1.165, 1.54) is 7.11 Å². The Morgan fingerprint density at radius 1 is 1.35 bits per heavy atom. The Kier molecular flexibility index (Phi) is 3.17. The molecule has 2 aromatic heterocycles. The van der Waals surface area contributed by atoms with E-state index in [4.69, 9.17) is 4.74 Å². The summed E-state index contributed by atoms with van der Waals surface area (Å²) in [6, 6.07) is 0.300. The highest BCUT2D eigenvalue weighted by Gasteiger charge is 2.08. The van der Waals surface area contributed by atoms with Gasteiger partial charge in [-0.25, -0.2) is 4.98 Å². The van der Waals surface area contributed by atoms with Crippen LogP contribution in [0.1, 0.15) is 11.6 Å². The SMILES string of the molecule is CNc1nc(Cc2nccn2C)nc(OC)n1. The van der Waals surface area contributed by atoms with Crippen molar-refractivity contribution in [2.24, 2.45) is 7.05 Å². The number of aryl methyl sites for hydroxylation is 1. The maximum absolute atomic E-state index is 5.02. The summed E-state index contributed by atoms with van der Waals surface area (Å²) in [6.07, 6.45) is 4.16. The summed E-state index contributed by atoms with van der Waals surface area (Å²) in [6.45, 7) is 0. The molecule has 7 heteroatoms. The third kappa shape index (κ3) is 2.49. The van der Waals surface area contributed by atoms with Gasteiger partial charge < -0.3 is 14.6 Å². The number of ether oxygens (including phenoxy) is 1. The molecule has 0 fully saturated rings. The van der Waals surface area contributed by atoms with Crippen LogP contribution < -0.4 is 10.1 Å². The predicted molar refractivity (Wildman–Crippen MR) is 61.9 cm³/mol. The van der Waals surface area contributed by atoms with Gasteiger partial charge in [0.1, 0.15) is 11.6 Å². The van der Waals surface area contributed by atoms with Crippen molar-refractivity contribution in [3.8, 4) is 6.01 Å². The fraction of sp³-hybridized carbons (Fsp3) is 0.400. The van der Waals surface area contributed by atoms with E-state index in [1.807, 2.05) is 17.8 Å². The van der Waals surface area contributed by atoms with E-state index in [9.17, 15) is 0 Å². The number of anilines is 1. The summed E-state index contributed by atoms with van der Waals surface area (Å²) in [5.41, 5.74) is 0. The molecule has 17 heavy (non-hydrogen) atoms. The van der Waals surface area contributed by atoms with Crippen molar-refractivity contribution in [1.29, 1.82) is 0 Å². The Morgan fingerprint density at radius 2 is 2.18 bits per heavy atom. The normalized spacial score (nSPS) is 10.3. The van der Waals surface area contributed by atoms with Gasteiger partial charge in [0.15, 0.2) is 0 Å². The van der Waals surface area contributed by atoms with Crippen LogP contribution in [0.15, 0.2) is 12.4 Å². The van der Waals surface area contributed by atoms with E-state index in [2.05, 4.69) is 25.3 Å². The second-order valence-electron chi connectivity index (χ2n) is 3.44. The van der Waals surface area contributed by atoms with Gasteiger partial charge in [0, 0.05) is 26.5 Å². The monoisotopic (exact) mass is 234 g/mol. The highest BCUT2D eigenvalue weighted by Crippen LogP contribution is 2.09. The summed E-state index contributed by atoms with van der Waals surface area (Å²) in [5.74, 6) is 2.00. The maximum Gasteiger partial charge on any atom is 0.321 e. The number of imidazole rings is 1. The van der Waals surface area contributed by atoms with Gasteiger partial charge in [0.05, 0.1) is 13.5 Å². The van der Waals surface area contributed by atoms with Gasteiger partial charge in [-0.15, -0.1) is 0 Å². The number of aromatic nitrogens is 5. The Balaban J connectivity index is 2.29. The molecule has 0 aliphatic carbocycles. The Bertz CT molecular complexity index is 487. The van der Waals surface area contributed by atoms with Gasteiger partial charge in [0.2, 0.25) is 5.95 Å². The number of nitrogens with zero attached hydrogens (tertiary/aromatic N) is 5. The van der Waals surface area contributed by atoms with Crippen molar-refractivity contribution in [3.05, 3.63) is 24.0 Å². The molecule has 0 saturated heterocycles. The molecule has 0 aliphatic heterocycles. The zero-order chi connectivity index (χ0) is 12.3. The van der Waals surface area contributed by atoms with Crippen LogP contribution in [0.4, 0.5) is 5.95 Å². The first kappa shape index (κ1) is 11.3. The molecule has 0 aromatic carbocycles. The molecule has 0 saturated carbocycles. The number of nitrogens with one attached hydrogen (secondary N) is 1. The molecule has 2 rings (SSSR count). The van der Waals surface area contributed by atoms with E-state index < -0.39 is 0 Å². The zero-order valence-corrected chi connectivity index (χ0v) is 10.0. The molecule has 90 valence electrons. The molecule has 0 unspecified atom stereocenters. The second-order valence-corrected chi connectivity index (χ2v) is 3.44. The first-order valence-corrected chi connectivity index (χ1v) is 5.16. The van der Waals surface area contributed by atoms with Crippen LogP contribution in [0.2, 0.25) is 0 Å². The molecule has 2 heterocycles. The fourth-order valence-electron chi connectivity index (χ4n) is 1.39. The Labute approximate surface area is 98.9 Å². The van der Waals surface area contributed by atoms with Gasteiger partial charge in [-0.05, 0) is 0 Å². The highest BCUT2D eigenvalue weighted by atomic mass is 16.5. The number of hydrogen-bond donors (Lipinski definition) is 1. The van der Waals surface area contributed by atoms with Crippen LogP contribution in [-0.4, -0.2) is 38.7 Å². The first-order chi connectivity index (χ1) is 8.22. The van der Waals surface area contributed by atoms with Gasteiger partial charge in [-0.2, -0.15) is 15.0 Å². The lowest BCUT2D eigenvalue weighted by molar-refractivity contribution is 0.376. The summed E-state index contributed by atoms with van der Waals surface area (Å²) in [4.78, 5) is 16.7. The van der Waals surface area contributed by atoms with Crippen LogP contribution in [-0.2, 0) is 13.5 Å². The van der Waals surface area contributed by atoms with Crippen molar-refractivity contribution < 1.29 is 4.74 Å². The lowest BCUT2D eigenvalue weighted by Crippen LogP contribution is -2.08. The molecule has 0 amide bonds. The third-order valence-electron chi connectivity index (χ3n) is 2.30. The summed E-state index contributed by atoms with van der Waals surface area (Å²) in [5, 5.41) is 2.87. The lowest BCUT2D eigenvalue weighted by atomic mass is 10.4. The molecule has 0 spiro atoms. The number of methoxy groups -OCH3 is 1. The first-order valence-electron chi connectivity index (χ1n) is 5.16. The molecular formula is C10H14N6O. The molecule has 7 nitrogen and oxygen atoms in total. The minimum absolute atomic E-state index is 0.300. The zero-order valence-electron chi connectivity index (χ0n) is 10.0. The minimum atomic E-state index is 0.300. The summed E-state index contributed by atoms with van der Waals surface area (Å²) in [7, 11) is 5.21. The lowest BCUT2D eigenvalue weighted by Gasteiger charge is -2.05. The molecule has 2 aromatic rings. The molecule has 0 aliphatic rings. The minimum Gasteiger partial charge on any atom is -0.467 e. The average molecular weight is 234 g/mol. The van der Waals surface area contributed by atoms with E-state index >= 15 is 0 Å². The second kappa shape index (κ2) is 4.77.